The van der Waals surface area contributed by atoms with Gasteiger partial charge < -0.3 is 10.2 Å². The van der Waals surface area contributed by atoms with Crippen LogP contribution in [0.4, 0.5) is 19.0 Å². The molecule has 0 radical (unpaired) electrons. The van der Waals surface area contributed by atoms with E-state index in [9.17, 15) is 18.0 Å². The molecular weight excluding hydrogens is 309 g/mol. The van der Waals surface area contributed by atoms with Crippen LogP contribution in [-0.2, 0) is 11.0 Å². The maximum absolute atomic E-state index is 12.6. The first-order chi connectivity index (χ1) is 9.68. The average molecular weight is 325 g/mol. The van der Waals surface area contributed by atoms with Crippen molar-refractivity contribution in [2.45, 2.75) is 33.0 Å². The topological polar surface area (TPSA) is 58.1 Å². The minimum absolute atomic E-state index is 0.143. The largest absolute Gasteiger partial charge is 0.433 e. The lowest BCUT2D eigenvalue weighted by Gasteiger charge is -2.23. The summed E-state index contributed by atoms with van der Waals surface area (Å²) >= 11 is 5.48. The SMILES string of the molecule is CCN(CC)C(=O)C(C)Nc1cc(C(F)(F)F)nc(Cl)n1. The van der Waals surface area contributed by atoms with Crippen LogP contribution >= 0.6 is 11.6 Å². The number of hydrogen-bond acceptors (Lipinski definition) is 4. The Labute approximate surface area is 125 Å². The molecule has 1 aromatic rings. The number of nitrogens with zero attached hydrogens (tertiary/aromatic N) is 3. The second-order valence-electron chi connectivity index (χ2n) is 4.28. The number of amides is 1. The van der Waals surface area contributed by atoms with Crippen molar-refractivity contribution in [3.05, 3.63) is 17.0 Å². The van der Waals surface area contributed by atoms with Gasteiger partial charge in [0, 0.05) is 19.2 Å². The van der Waals surface area contributed by atoms with E-state index in [-0.39, 0.29) is 11.7 Å². The zero-order chi connectivity index (χ0) is 16.2. The summed E-state index contributed by atoms with van der Waals surface area (Å²) in [4.78, 5) is 20.4. The van der Waals surface area contributed by atoms with Gasteiger partial charge in [-0.05, 0) is 32.4 Å². The third-order valence-electron chi connectivity index (χ3n) is 2.80. The molecule has 118 valence electrons. The molecule has 0 aliphatic heterocycles. The Morgan fingerprint density at radius 1 is 1.38 bits per heavy atom. The highest BCUT2D eigenvalue weighted by molar-refractivity contribution is 6.28. The summed E-state index contributed by atoms with van der Waals surface area (Å²) in [7, 11) is 0. The van der Waals surface area contributed by atoms with E-state index >= 15 is 0 Å². The summed E-state index contributed by atoms with van der Waals surface area (Å²) in [5.41, 5.74) is -1.16. The third-order valence-corrected chi connectivity index (χ3v) is 2.97. The predicted molar refractivity (Wildman–Crippen MR) is 73.1 cm³/mol. The summed E-state index contributed by atoms with van der Waals surface area (Å²) in [6.45, 7) is 6.21. The van der Waals surface area contributed by atoms with Crippen molar-refractivity contribution in [3.63, 3.8) is 0 Å². The van der Waals surface area contributed by atoms with E-state index < -0.39 is 23.2 Å². The molecule has 1 unspecified atom stereocenters. The smallest absolute Gasteiger partial charge is 0.358 e. The molecule has 0 fully saturated rings. The van der Waals surface area contributed by atoms with Crippen molar-refractivity contribution < 1.29 is 18.0 Å². The monoisotopic (exact) mass is 324 g/mol. The van der Waals surface area contributed by atoms with Gasteiger partial charge in [0.1, 0.15) is 11.9 Å². The van der Waals surface area contributed by atoms with Gasteiger partial charge in [0.15, 0.2) is 5.69 Å². The quantitative estimate of drug-likeness (QED) is 0.846. The number of nitrogens with one attached hydrogen (secondary N) is 1. The van der Waals surface area contributed by atoms with Crippen molar-refractivity contribution >= 4 is 23.3 Å². The number of aromatic nitrogens is 2. The number of halogens is 4. The van der Waals surface area contributed by atoms with Gasteiger partial charge in [-0.1, -0.05) is 0 Å². The molecule has 1 heterocycles. The van der Waals surface area contributed by atoms with Gasteiger partial charge in [0.05, 0.1) is 0 Å². The highest BCUT2D eigenvalue weighted by Gasteiger charge is 2.34. The van der Waals surface area contributed by atoms with Crippen LogP contribution in [0.15, 0.2) is 6.07 Å². The van der Waals surface area contributed by atoms with Gasteiger partial charge in [-0.25, -0.2) is 9.97 Å². The zero-order valence-corrected chi connectivity index (χ0v) is 12.6. The second-order valence-corrected chi connectivity index (χ2v) is 4.62. The normalized spacial score (nSPS) is 12.9. The number of carbonyl (C=O) groups is 1. The van der Waals surface area contributed by atoms with Crippen molar-refractivity contribution in [1.82, 2.24) is 14.9 Å². The molecule has 9 heteroatoms. The Kier molecular flexibility index (Phi) is 5.77. The fourth-order valence-corrected chi connectivity index (χ4v) is 1.91. The van der Waals surface area contributed by atoms with Gasteiger partial charge in [-0.3, -0.25) is 4.79 Å². The Morgan fingerprint density at radius 2 is 1.95 bits per heavy atom. The van der Waals surface area contributed by atoms with Crippen molar-refractivity contribution in [2.24, 2.45) is 0 Å². The first-order valence-electron chi connectivity index (χ1n) is 6.36. The summed E-state index contributed by atoms with van der Waals surface area (Å²) in [6, 6.07) is -0.00492. The van der Waals surface area contributed by atoms with Crippen molar-refractivity contribution in [2.75, 3.05) is 18.4 Å². The third kappa shape index (κ3) is 4.73. The highest BCUT2D eigenvalue weighted by Crippen LogP contribution is 2.29. The lowest BCUT2D eigenvalue weighted by atomic mass is 10.2. The molecule has 1 aromatic heterocycles. The van der Waals surface area contributed by atoms with E-state index in [0.717, 1.165) is 6.07 Å². The zero-order valence-electron chi connectivity index (χ0n) is 11.8. The van der Waals surface area contributed by atoms with Crippen LogP contribution in [0, 0.1) is 0 Å². The lowest BCUT2D eigenvalue weighted by molar-refractivity contribution is -0.141. The molecule has 0 bridgehead atoms. The summed E-state index contributed by atoms with van der Waals surface area (Å²) < 4.78 is 37.9. The molecule has 0 spiro atoms. The Balaban J connectivity index is 2.93. The standard InChI is InChI=1S/C12H16ClF3N4O/c1-4-20(5-2)10(21)7(3)17-9-6-8(12(14,15)16)18-11(13)19-9/h6-7H,4-5H2,1-3H3,(H,17,18,19). The number of carbonyl (C=O) groups excluding carboxylic acids is 1. The number of rotatable bonds is 5. The van der Waals surface area contributed by atoms with Crippen LogP contribution in [0.25, 0.3) is 0 Å². The number of hydrogen-bond donors (Lipinski definition) is 1. The van der Waals surface area contributed by atoms with Gasteiger partial charge in [-0.2, -0.15) is 13.2 Å². The average Bonchev–Trinajstić information content (AvgIpc) is 2.38. The Morgan fingerprint density at radius 3 is 2.43 bits per heavy atom. The van der Waals surface area contributed by atoms with Crippen molar-refractivity contribution in [1.29, 1.82) is 0 Å². The van der Waals surface area contributed by atoms with E-state index in [1.54, 1.807) is 11.8 Å². The summed E-state index contributed by atoms with van der Waals surface area (Å²) in [5, 5.41) is 2.08. The molecule has 1 rings (SSSR count). The second kappa shape index (κ2) is 6.93. The van der Waals surface area contributed by atoms with Gasteiger partial charge >= 0.3 is 6.18 Å². The van der Waals surface area contributed by atoms with Gasteiger partial charge in [0.25, 0.3) is 0 Å². The highest BCUT2D eigenvalue weighted by atomic mass is 35.5. The van der Waals surface area contributed by atoms with E-state index in [1.165, 1.54) is 0 Å². The van der Waals surface area contributed by atoms with E-state index in [1.807, 2.05) is 13.8 Å². The first-order valence-corrected chi connectivity index (χ1v) is 6.73. The Bertz CT molecular complexity index is 506. The number of likely N-dealkylation sites (N-methyl/N-ethyl adjacent to an activating group) is 1. The molecule has 5 nitrogen and oxygen atoms in total. The minimum atomic E-state index is -4.63. The van der Waals surface area contributed by atoms with Crippen LogP contribution in [0.2, 0.25) is 5.28 Å². The number of alkyl halides is 3. The van der Waals surface area contributed by atoms with Crippen LogP contribution in [0.1, 0.15) is 26.5 Å². The molecule has 0 saturated carbocycles. The fraction of sp³-hybridized carbons (Fsp3) is 0.583. The first kappa shape index (κ1) is 17.5. The fourth-order valence-electron chi connectivity index (χ4n) is 1.73. The van der Waals surface area contributed by atoms with Crippen LogP contribution in [-0.4, -0.2) is 39.9 Å². The maximum Gasteiger partial charge on any atom is 0.433 e. The molecule has 0 aromatic carbocycles. The molecule has 21 heavy (non-hydrogen) atoms. The molecule has 0 aliphatic carbocycles. The van der Waals surface area contributed by atoms with E-state index in [4.69, 9.17) is 11.6 Å². The van der Waals surface area contributed by atoms with Gasteiger partial charge in [0.2, 0.25) is 11.2 Å². The minimum Gasteiger partial charge on any atom is -0.358 e. The van der Waals surface area contributed by atoms with E-state index in [0.29, 0.717) is 13.1 Å². The van der Waals surface area contributed by atoms with Crippen LogP contribution in [0.5, 0.6) is 0 Å². The number of anilines is 1. The lowest BCUT2D eigenvalue weighted by Crippen LogP contribution is -2.41. The van der Waals surface area contributed by atoms with E-state index in [2.05, 4.69) is 15.3 Å². The van der Waals surface area contributed by atoms with Crippen LogP contribution in [0.3, 0.4) is 0 Å². The maximum atomic E-state index is 12.6. The molecule has 0 saturated heterocycles. The van der Waals surface area contributed by atoms with Crippen molar-refractivity contribution in [3.8, 4) is 0 Å². The summed E-state index contributed by atoms with van der Waals surface area (Å²) in [6.07, 6.45) is -4.63. The molecule has 1 amide bonds. The van der Waals surface area contributed by atoms with Gasteiger partial charge in [-0.15, -0.1) is 0 Å². The summed E-state index contributed by atoms with van der Waals surface area (Å²) in [5.74, 6) is -0.376. The predicted octanol–water partition coefficient (Wildman–Crippen LogP) is 2.82. The molecule has 0 aliphatic rings. The van der Waals surface area contributed by atoms with Crippen LogP contribution < -0.4 is 5.32 Å². The molecular formula is C12H16ClF3N4O. The molecule has 1 N–H and O–H groups in total. The Hall–Kier alpha value is -1.57. The molecule has 1 atom stereocenters.